The van der Waals surface area contributed by atoms with Gasteiger partial charge < -0.3 is 29.3 Å². The molecule has 3 aromatic rings. The van der Waals surface area contributed by atoms with E-state index < -0.39 is 80.4 Å². The van der Waals surface area contributed by atoms with Gasteiger partial charge in [0, 0.05) is 42.0 Å². The molecule has 2 aliphatic carbocycles. The van der Waals surface area contributed by atoms with E-state index in [1.54, 1.807) is 45.0 Å². The van der Waals surface area contributed by atoms with Gasteiger partial charge in [0.25, 0.3) is 11.8 Å². The topological polar surface area (TPSA) is 203 Å². The van der Waals surface area contributed by atoms with Gasteiger partial charge in [0.2, 0.25) is 21.8 Å². The fraction of sp³-hybridized carbons (Fsp3) is 0.415. The molecule has 16 nitrogen and oxygen atoms in total. The lowest BCUT2D eigenvalue weighted by atomic mass is 10.1. The Hall–Kier alpha value is -5.97. The van der Waals surface area contributed by atoms with Gasteiger partial charge in [-0.3, -0.25) is 29.2 Å². The number of pyridine rings is 1. The minimum absolute atomic E-state index is 0.0114. The zero-order valence-corrected chi connectivity index (χ0v) is 33.4. The molecule has 5 amide bonds. The smallest absolute Gasteiger partial charge is 0.409 e. The van der Waals surface area contributed by atoms with Gasteiger partial charge in [0.05, 0.1) is 30.1 Å². The highest BCUT2D eigenvalue weighted by atomic mass is 32.2. The molecule has 4 aliphatic rings. The predicted molar refractivity (Wildman–Crippen MR) is 212 cm³/mol. The average Bonchev–Trinajstić information content (AvgIpc) is 4.08. The highest BCUT2D eigenvalue weighted by Gasteiger charge is 2.62. The van der Waals surface area contributed by atoms with Crippen molar-refractivity contribution in [2.45, 2.75) is 81.2 Å². The summed E-state index contributed by atoms with van der Waals surface area (Å²) in [7, 11) is -2.43. The molecule has 0 spiro atoms. The molecule has 58 heavy (non-hydrogen) atoms. The van der Waals surface area contributed by atoms with Crippen LogP contribution in [0.5, 0.6) is 11.5 Å². The lowest BCUT2D eigenvalue weighted by Gasteiger charge is -2.34. The number of methoxy groups -OCH3 is 1. The van der Waals surface area contributed by atoms with E-state index in [0.29, 0.717) is 40.9 Å². The summed E-state index contributed by atoms with van der Waals surface area (Å²) in [6.07, 6.45) is 1.70. The first kappa shape index (κ1) is 40.2. The van der Waals surface area contributed by atoms with Crippen molar-refractivity contribution in [2.24, 2.45) is 5.92 Å². The second-order valence-electron chi connectivity index (χ2n) is 15.9. The van der Waals surface area contributed by atoms with Crippen LogP contribution in [0.3, 0.4) is 0 Å². The van der Waals surface area contributed by atoms with Crippen LogP contribution in [0.4, 0.5) is 4.79 Å². The van der Waals surface area contributed by atoms with Crippen molar-refractivity contribution in [2.75, 3.05) is 20.2 Å². The number of fused-ring (bicyclic) bond motifs is 1. The van der Waals surface area contributed by atoms with Crippen molar-refractivity contribution >= 4 is 50.6 Å². The van der Waals surface area contributed by atoms with Gasteiger partial charge in [-0.15, -0.1) is 6.58 Å². The summed E-state index contributed by atoms with van der Waals surface area (Å²) in [4.78, 5) is 76.1. The molecule has 0 bridgehead atoms. The normalized spacial score (nSPS) is 23.2. The summed E-state index contributed by atoms with van der Waals surface area (Å²) in [6, 6.07) is 15.2. The summed E-state index contributed by atoms with van der Waals surface area (Å²) in [5, 5.41) is 5.19. The Kier molecular flexibility index (Phi) is 10.7. The summed E-state index contributed by atoms with van der Waals surface area (Å²) in [5.74, 6) is -2.69. The van der Waals surface area contributed by atoms with Gasteiger partial charge in [-0.05, 0) is 58.2 Å². The standard InChI is InChI=1S/C41H46N6O10S/c1-6-25-22-41(25,38(51)45-58(53,54)28-15-16-28)44-36(49)32-20-27(23-47(32)37(50)35(46-18-10-13-34(46)48)43-39(52)57-40(2,3)4)56-33-21-31(24-11-8-7-9-12-24)42-30-17-14-26(55-5)19-29(30)33/h6-14,17,19,21,25,27-28,32,35H,1,15-16,18,20,22-23H2,2-5H3,(H,43,52)(H,44,49)(H,45,51)/t25-,27-,32+,35-,41-/m1/s1. The number of likely N-dealkylation sites (tertiary alicyclic amines) is 1. The van der Waals surface area contributed by atoms with Gasteiger partial charge in [-0.1, -0.05) is 42.5 Å². The number of carbonyl (C=O) groups is 5. The molecule has 3 N–H and O–H groups in total. The number of carbonyl (C=O) groups excluding carboxylic acids is 5. The minimum atomic E-state index is -3.96. The van der Waals surface area contributed by atoms with Crippen LogP contribution in [0.15, 0.2) is 79.4 Å². The van der Waals surface area contributed by atoms with E-state index in [1.165, 1.54) is 30.2 Å². The number of benzene rings is 2. The molecule has 3 heterocycles. The summed E-state index contributed by atoms with van der Waals surface area (Å²) < 4.78 is 45.3. The third kappa shape index (κ3) is 8.35. The molecule has 17 heteroatoms. The Morgan fingerprint density at radius 3 is 2.43 bits per heavy atom. The Bertz CT molecular complexity index is 2310. The fourth-order valence-electron chi connectivity index (χ4n) is 7.26. The first-order chi connectivity index (χ1) is 27.5. The van der Waals surface area contributed by atoms with Gasteiger partial charge in [0.15, 0.2) is 6.17 Å². The Morgan fingerprint density at radius 2 is 1.81 bits per heavy atom. The molecule has 3 fully saturated rings. The quantitative estimate of drug-likeness (QED) is 0.214. The average molecular weight is 815 g/mol. The molecule has 2 saturated carbocycles. The van der Waals surface area contributed by atoms with Crippen molar-refractivity contribution in [1.29, 1.82) is 0 Å². The third-order valence-corrected chi connectivity index (χ3v) is 12.3. The molecule has 2 aromatic carbocycles. The van der Waals surface area contributed by atoms with E-state index in [2.05, 4.69) is 21.9 Å². The molecule has 2 aliphatic heterocycles. The van der Waals surface area contributed by atoms with Crippen molar-refractivity contribution in [3.05, 3.63) is 79.4 Å². The third-order valence-electron chi connectivity index (χ3n) is 10.5. The SMILES string of the molecule is C=C[C@@H]1C[C@]1(NC(=O)[C@@H]1C[C@@H](Oc2cc(-c3ccccc3)nc3ccc(OC)cc23)CN1C(=O)[C@H](NC(=O)OC(C)(C)C)N1CC=CC1=O)C(=O)NS(=O)(=O)C1CC1. The van der Waals surface area contributed by atoms with Crippen molar-refractivity contribution in [3.8, 4) is 22.8 Å². The molecule has 0 radical (unpaired) electrons. The molecule has 1 aromatic heterocycles. The van der Waals surface area contributed by atoms with E-state index in [9.17, 15) is 32.4 Å². The maximum Gasteiger partial charge on any atom is 0.409 e. The molecule has 1 saturated heterocycles. The van der Waals surface area contributed by atoms with Crippen LogP contribution in [0, 0.1) is 5.92 Å². The largest absolute Gasteiger partial charge is 0.497 e. The van der Waals surface area contributed by atoms with E-state index in [4.69, 9.17) is 19.2 Å². The zero-order valence-electron chi connectivity index (χ0n) is 32.6. The summed E-state index contributed by atoms with van der Waals surface area (Å²) in [5.41, 5.74) is -0.563. The molecule has 306 valence electrons. The fourth-order valence-corrected chi connectivity index (χ4v) is 8.63. The number of sulfonamides is 1. The number of hydrogen-bond acceptors (Lipinski definition) is 11. The summed E-state index contributed by atoms with van der Waals surface area (Å²) >= 11 is 0. The molecular weight excluding hydrogens is 769 g/mol. The molecular formula is C41H46N6O10S. The number of ether oxygens (including phenoxy) is 3. The van der Waals surface area contributed by atoms with E-state index >= 15 is 0 Å². The van der Waals surface area contributed by atoms with E-state index in [0.717, 1.165) is 10.5 Å². The lowest BCUT2D eigenvalue weighted by Crippen LogP contribution is -2.62. The molecule has 7 rings (SSSR count). The number of hydrogen-bond donors (Lipinski definition) is 3. The van der Waals surface area contributed by atoms with Gasteiger partial charge >= 0.3 is 6.09 Å². The van der Waals surface area contributed by atoms with Crippen LogP contribution >= 0.6 is 0 Å². The minimum Gasteiger partial charge on any atom is -0.497 e. The second kappa shape index (κ2) is 15.4. The number of nitrogens with one attached hydrogen (secondary N) is 3. The van der Waals surface area contributed by atoms with Crippen LogP contribution in [0.2, 0.25) is 0 Å². The summed E-state index contributed by atoms with van der Waals surface area (Å²) in [6.45, 7) is 8.51. The van der Waals surface area contributed by atoms with Crippen LogP contribution in [-0.4, -0.2) is 108 Å². The number of rotatable bonds is 13. The van der Waals surface area contributed by atoms with Crippen LogP contribution in [-0.2, 0) is 33.9 Å². The second-order valence-corrected chi connectivity index (χ2v) is 17.8. The zero-order chi connectivity index (χ0) is 41.6. The highest BCUT2D eigenvalue weighted by Crippen LogP contribution is 2.45. The molecule has 0 unspecified atom stereocenters. The first-order valence-corrected chi connectivity index (χ1v) is 20.5. The van der Waals surface area contributed by atoms with Gasteiger partial charge in [0.1, 0.15) is 34.8 Å². The van der Waals surface area contributed by atoms with Crippen LogP contribution in [0.1, 0.15) is 46.5 Å². The lowest BCUT2D eigenvalue weighted by molar-refractivity contribution is -0.147. The van der Waals surface area contributed by atoms with Crippen LogP contribution in [0.25, 0.3) is 22.2 Å². The van der Waals surface area contributed by atoms with Crippen molar-refractivity contribution in [1.82, 2.24) is 30.1 Å². The van der Waals surface area contributed by atoms with E-state index in [-0.39, 0.29) is 25.9 Å². The number of amides is 5. The Morgan fingerprint density at radius 1 is 1.07 bits per heavy atom. The van der Waals surface area contributed by atoms with Crippen LogP contribution < -0.4 is 24.8 Å². The monoisotopic (exact) mass is 814 g/mol. The van der Waals surface area contributed by atoms with Gasteiger partial charge in [-0.2, -0.15) is 0 Å². The molecule has 5 atom stereocenters. The van der Waals surface area contributed by atoms with Gasteiger partial charge in [-0.25, -0.2) is 18.2 Å². The Labute approximate surface area is 336 Å². The van der Waals surface area contributed by atoms with Crippen molar-refractivity contribution in [3.63, 3.8) is 0 Å². The van der Waals surface area contributed by atoms with Crippen molar-refractivity contribution < 1.29 is 46.6 Å². The highest BCUT2D eigenvalue weighted by molar-refractivity contribution is 7.91. The maximum atomic E-state index is 14.7. The van der Waals surface area contributed by atoms with E-state index in [1.807, 2.05) is 30.3 Å². The number of aromatic nitrogens is 1. The predicted octanol–water partition coefficient (Wildman–Crippen LogP) is 3.18. The first-order valence-electron chi connectivity index (χ1n) is 19.0. The number of alkyl carbamates (subject to hydrolysis) is 1. The maximum absolute atomic E-state index is 14.7. The number of nitrogens with zero attached hydrogens (tertiary/aromatic N) is 3. The Balaban J connectivity index is 1.23.